The second-order valence-corrected chi connectivity index (χ2v) is 3.56. The van der Waals surface area contributed by atoms with Gasteiger partial charge in [0.1, 0.15) is 0 Å². The van der Waals surface area contributed by atoms with Crippen LogP contribution in [0.2, 0.25) is 0 Å². The summed E-state index contributed by atoms with van der Waals surface area (Å²) in [5.74, 6) is 1.28. The van der Waals surface area contributed by atoms with E-state index in [0.717, 1.165) is 0 Å². The molecular formula is C11H12BNO3. The minimum Gasteiger partial charge on any atom is -0.454 e. The Bertz CT molecular complexity index is 408. The highest BCUT2D eigenvalue weighted by Gasteiger charge is 2.19. The van der Waals surface area contributed by atoms with Crippen LogP contribution in [0.4, 0.5) is 0 Å². The van der Waals surface area contributed by atoms with Crippen molar-refractivity contribution >= 4 is 13.6 Å². The zero-order valence-electron chi connectivity index (χ0n) is 9.03. The van der Waals surface area contributed by atoms with Crippen LogP contribution in [0.15, 0.2) is 18.2 Å². The third-order valence-electron chi connectivity index (χ3n) is 2.47. The quantitative estimate of drug-likeness (QED) is 0.595. The molecule has 1 heterocycles. The average molecular weight is 217 g/mol. The average Bonchev–Trinajstić information content (AvgIpc) is 2.75. The van der Waals surface area contributed by atoms with E-state index in [1.807, 2.05) is 0 Å². The lowest BCUT2D eigenvalue weighted by molar-refractivity contribution is 0.0953. The highest BCUT2D eigenvalue weighted by Crippen LogP contribution is 2.32. The fraction of sp³-hybridized carbons (Fsp3) is 0.364. The van der Waals surface area contributed by atoms with Crippen LogP contribution < -0.4 is 14.8 Å². The summed E-state index contributed by atoms with van der Waals surface area (Å²) >= 11 is 0. The van der Waals surface area contributed by atoms with Crippen LogP contribution in [-0.2, 0) is 0 Å². The molecule has 0 amide bonds. The maximum Gasteiger partial charge on any atom is 0.231 e. The van der Waals surface area contributed by atoms with Gasteiger partial charge in [0.2, 0.25) is 6.79 Å². The van der Waals surface area contributed by atoms with Gasteiger partial charge in [-0.2, -0.15) is 0 Å². The van der Waals surface area contributed by atoms with E-state index in [1.54, 1.807) is 25.1 Å². The molecule has 1 aliphatic rings. The van der Waals surface area contributed by atoms with Crippen molar-refractivity contribution in [3.05, 3.63) is 23.8 Å². The van der Waals surface area contributed by atoms with E-state index >= 15 is 0 Å². The summed E-state index contributed by atoms with van der Waals surface area (Å²) in [6.07, 6.45) is 0.275. The van der Waals surface area contributed by atoms with E-state index in [9.17, 15) is 4.79 Å². The molecule has 0 saturated carbocycles. The maximum atomic E-state index is 11.9. The van der Waals surface area contributed by atoms with E-state index < -0.39 is 0 Å². The second kappa shape index (κ2) is 4.57. The molecule has 0 bridgehead atoms. The summed E-state index contributed by atoms with van der Waals surface area (Å²) < 4.78 is 10.4. The molecule has 0 fully saturated rings. The first-order valence-electron chi connectivity index (χ1n) is 5.09. The van der Waals surface area contributed by atoms with E-state index in [1.165, 1.54) is 0 Å². The topological polar surface area (TPSA) is 47.6 Å². The summed E-state index contributed by atoms with van der Waals surface area (Å²) in [5.41, 5.74) is 0.595. The Morgan fingerprint density at radius 3 is 3.00 bits per heavy atom. The van der Waals surface area contributed by atoms with Crippen molar-refractivity contribution in [2.45, 2.75) is 13.0 Å². The third-order valence-corrected chi connectivity index (χ3v) is 2.47. The molecule has 4 nitrogen and oxygen atoms in total. The van der Waals surface area contributed by atoms with E-state index in [0.29, 0.717) is 17.1 Å². The zero-order chi connectivity index (χ0) is 11.5. The molecule has 0 aromatic heterocycles. The molecule has 1 aromatic carbocycles. The van der Waals surface area contributed by atoms with Gasteiger partial charge in [-0.25, -0.2) is 0 Å². The molecule has 2 rings (SSSR count). The summed E-state index contributed by atoms with van der Waals surface area (Å²) in [6, 6.07) is 4.86. The van der Waals surface area contributed by atoms with Gasteiger partial charge < -0.3 is 14.8 Å². The first-order valence-corrected chi connectivity index (χ1v) is 5.09. The Morgan fingerprint density at radius 2 is 2.25 bits per heavy atom. The number of ketones is 1. The van der Waals surface area contributed by atoms with Crippen molar-refractivity contribution in [2.24, 2.45) is 0 Å². The minimum absolute atomic E-state index is 0.0104. The number of nitrogens with one attached hydrogen (secondary N) is 1. The molecule has 0 aliphatic carbocycles. The lowest BCUT2D eigenvalue weighted by Crippen LogP contribution is -2.34. The van der Waals surface area contributed by atoms with Crippen LogP contribution in [0.5, 0.6) is 11.5 Å². The Balaban J connectivity index is 2.18. The number of hydrogen-bond donors (Lipinski definition) is 1. The SMILES string of the molecule is [B]CN[C@@H](C)C(=O)c1ccc2c(c1)OCO2. The van der Waals surface area contributed by atoms with Crippen LogP contribution in [-0.4, -0.2) is 32.9 Å². The highest BCUT2D eigenvalue weighted by atomic mass is 16.7. The lowest BCUT2D eigenvalue weighted by atomic mass is 10.0. The summed E-state index contributed by atoms with van der Waals surface area (Å²) in [5, 5.41) is 2.87. The van der Waals surface area contributed by atoms with Crippen molar-refractivity contribution < 1.29 is 14.3 Å². The predicted molar refractivity (Wildman–Crippen MR) is 60.1 cm³/mol. The fourth-order valence-corrected chi connectivity index (χ4v) is 1.57. The number of fused-ring (bicyclic) bond motifs is 1. The van der Waals surface area contributed by atoms with E-state index in [4.69, 9.17) is 17.3 Å². The normalized spacial score (nSPS) is 14.8. The molecule has 0 saturated heterocycles. The number of ether oxygens (including phenoxy) is 2. The number of carbonyl (C=O) groups is 1. The molecule has 1 aromatic rings. The fourth-order valence-electron chi connectivity index (χ4n) is 1.57. The molecule has 1 N–H and O–H groups in total. The lowest BCUT2D eigenvalue weighted by Gasteiger charge is -2.11. The van der Waals surface area contributed by atoms with Crippen molar-refractivity contribution in [1.29, 1.82) is 0 Å². The third kappa shape index (κ3) is 2.04. The molecule has 0 spiro atoms. The van der Waals surface area contributed by atoms with Gasteiger partial charge in [0.05, 0.1) is 13.9 Å². The van der Waals surface area contributed by atoms with Gasteiger partial charge in [-0.1, -0.05) is 0 Å². The zero-order valence-corrected chi connectivity index (χ0v) is 9.03. The molecule has 82 valence electrons. The molecule has 16 heavy (non-hydrogen) atoms. The smallest absolute Gasteiger partial charge is 0.231 e. The molecule has 0 unspecified atom stereocenters. The predicted octanol–water partition coefficient (Wildman–Crippen LogP) is 0.702. The second-order valence-electron chi connectivity index (χ2n) is 3.56. The van der Waals surface area contributed by atoms with E-state index in [2.05, 4.69) is 5.32 Å². The first-order chi connectivity index (χ1) is 7.72. The molecule has 2 radical (unpaired) electrons. The van der Waals surface area contributed by atoms with Crippen LogP contribution in [0.25, 0.3) is 0 Å². The van der Waals surface area contributed by atoms with Gasteiger partial charge in [-0.3, -0.25) is 4.79 Å². The molecule has 1 atom stereocenters. The largest absolute Gasteiger partial charge is 0.454 e. The highest BCUT2D eigenvalue weighted by molar-refractivity contribution is 6.09. The minimum atomic E-state index is -0.301. The van der Waals surface area contributed by atoms with Crippen LogP contribution in [0.3, 0.4) is 0 Å². The Kier molecular flexibility index (Phi) is 3.15. The van der Waals surface area contributed by atoms with Gasteiger partial charge in [0.25, 0.3) is 0 Å². The number of carbonyl (C=O) groups excluding carboxylic acids is 1. The van der Waals surface area contributed by atoms with Crippen LogP contribution >= 0.6 is 0 Å². The summed E-state index contributed by atoms with van der Waals surface area (Å²) in [7, 11) is 5.33. The Labute approximate surface area is 95.3 Å². The van der Waals surface area contributed by atoms with Gasteiger partial charge in [-0.15, -0.1) is 0 Å². The first kappa shape index (κ1) is 11.0. The van der Waals surface area contributed by atoms with Gasteiger partial charge >= 0.3 is 0 Å². The van der Waals surface area contributed by atoms with Crippen LogP contribution in [0.1, 0.15) is 17.3 Å². The number of hydrogen-bond acceptors (Lipinski definition) is 4. The molecular weight excluding hydrogens is 205 g/mol. The monoisotopic (exact) mass is 217 g/mol. The van der Waals surface area contributed by atoms with Crippen molar-refractivity contribution in [3.63, 3.8) is 0 Å². The molecule has 5 heteroatoms. The number of rotatable bonds is 4. The summed E-state index contributed by atoms with van der Waals surface area (Å²) in [4.78, 5) is 11.9. The molecule has 1 aliphatic heterocycles. The van der Waals surface area contributed by atoms with E-state index in [-0.39, 0.29) is 25.1 Å². The number of benzene rings is 1. The van der Waals surface area contributed by atoms with Gasteiger partial charge in [0, 0.05) is 5.56 Å². The van der Waals surface area contributed by atoms with Gasteiger partial charge in [0.15, 0.2) is 17.3 Å². The Hall–Kier alpha value is -1.49. The van der Waals surface area contributed by atoms with Crippen molar-refractivity contribution in [1.82, 2.24) is 5.32 Å². The Morgan fingerprint density at radius 1 is 1.50 bits per heavy atom. The number of Topliss-reactive ketones (excluding diaryl/α,β-unsaturated/α-hetero) is 1. The van der Waals surface area contributed by atoms with Crippen molar-refractivity contribution in [3.8, 4) is 11.5 Å². The standard InChI is InChI=1S/C11H12BNO3/c1-7(13-5-12)11(14)8-2-3-9-10(4-8)16-6-15-9/h2-4,7,13H,5-6H2,1H3/t7-/m0/s1. The van der Waals surface area contributed by atoms with Gasteiger partial charge in [-0.05, 0) is 31.6 Å². The van der Waals surface area contributed by atoms with Crippen molar-refractivity contribution in [2.75, 3.05) is 13.2 Å². The maximum absolute atomic E-state index is 11.9. The van der Waals surface area contributed by atoms with Crippen LogP contribution in [0, 0.1) is 0 Å². The summed E-state index contributed by atoms with van der Waals surface area (Å²) in [6.45, 7) is 1.99.